The van der Waals surface area contributed by atoms with E-state index in [1.54, 1.807) is 30.3 Å². The Bertz CT molecular complexity index is 351. The van der Waals surface area contributed by atoms with Crippen molar-refractivity contribution in [3.05, 3.63) is 35.9 Å². The monoisotopic (exact) mass is 245 g/mol. The van der Waals surface area contributed by atoms with Crippen molar-refractivity contribution in [1.82, 2.24) is 0 Å². The predicted octanol–water partition coefficient (Wildman–Crippen LogP) is 3.47. The number of rotatable bonds is 6. The molecule has 0 amide bonds. The van der Waals surface area contributed by atoms with E-state index < -0.39 is 19.3 Å². The third-order valence-electron chi connectivity index (χ3n) is 2.17. The van der Waals surface area contributed by atoms with Crippen LogP contribution >= 0.6 is 0 Å². The largest absolute Gasteiger partial charge is 0.478 e. The van der Waals surface area contributed by atoms with E-state index in [0.717, 1.165) is 0 Å². The average Bonchev–Trinajstić information content (AvgIpc) is 2.28. The molecule has 1 aromatic carbocycles. The maximum atomic E-state index is 11.9. The molecule has 0 heterocycles. The highest BCUT2D eigenvalue weighted by molar-refractivity contribution is 6.58. The second-order valence-electron chi connectivity index (χ2n) is 3.71. The van der Waals surface area contributed by atoms with Gasteiger partial charge in [0.05, 0.1) is 12.2 Å². The summed E-state index contributed by atoms with van der Waals surface area (Å²) >= 11 is 0. The highest BCUT2D eigenvalue weighted by Gasteiger charge is 2.21. The first-order valence-electron chi connectivity index (χ1n) is 5.42. The molecule has 1 aromatic rings. The van der Waals surface area contributed by atoms with Gasteiger partial charge in [-0.3, -0.25) is 0 Å². The van der Waals surface area contributed by atoms with Crippen LogP contribution in [0.5, 0.6) is 0 Å². The molecular formula is C11H13BF3O2-. The summed E-state index contributed by atoms with van der Waals surface area (Å²) in [5, 5.41) is 0. The molecule has 0 fully saturated rings. The van der Waals surface area contributed by atoms with Gasteiger partial charge in [0.2, 0.25) is 0 Å². The summed E-state index contributed by atoms with van der Waals surface area (Å²) in [5.74, 6) is -0.497. The fraction of sp³-hybridized carbons (Fsp3) is 0.364. The Balaban J connectivity index is 2.18. The minimum absolute atomic E-state index is 0.00553. The fourth-order valence-electron chi connectivity index (χ4n) is 1.30. The Morgan fingerprint density at radius 1 is 1.12 bits per heavy atom. The zero-order valence-electron chi connectivity index (χ0n) is 9.24. The van der Waals surface area contributed by atoms with Crippen molar-refractivity contribution in [1.29, 1.82) is 0 Å². The third-order valence-corrected chi connectivity index (χ3v) is 2.17. The molecular weight excluding hydrogens is 232 g/mol. The summed E-state index contributed by atoms with van der Waals surface area (Å²) in [6.45, 7) is -4.69. The van der Waals surface area contributed by atoms with Crippen molar-refractivity contribution in [2.45, 2.75) is 19.2 Å². The first-order chi connectivity index (χ1) is 7.99. The normalized spacial score (nSPS) is 11.2. The first kappa shape index (κ1) is 13.6. The number of hydrogen-bond acceptors (Lipinski definition) is 2. The lowest BCUT2D eigenvalue weighted by atomic mass is 9.84. The van der Waals surface area contributed by atoms with E-state index >= 15 is 0 Å². The van der Waals surface area contributed by atoms with Crippen LogP contribution < -0.4 is 0 Å². The molecule has 94 valence electrons. The minimum Gasteiger partial charge on any atom is -0.462 e. The lowest BCUT2D eigenvalue weighted by Gasteiger charge is -2.12. The molecule has 17 heavy (non-hydrogen) atoms. The van der Waals surface area contributed by atoms with Crippen LogP contribution in [-0.2, 0) is 4.74 Å². The molecule has 0 atom stereocenters. The molecule has 0 radical (unpaired) electrons. The Morgan fingerprint density at radius 3 is 2.35 bits per heavy atom. The van der Waals surface area contributed by atoms with Gasteiger partial charge in [0, 0.05) is 0 Å². The zero-order chi connectivity index (χ0) is 12.7. The number of hydrogen-bond donors (Lipinski definition) is 0. The van der Waals surface area contributed by atoms with Gasteiger partial charge in [-0.05, 0) is 18.6 Å². The molecule has 0 saturated heterocycles. The van der Waals surface area contributed by atoms with Gasteiger partial charge in [-0.15, -0.1) is 0 Å². The van der Waals surface area contributed by atoms with Crippen molar-refractivity contribution in [2.24, 2.45) is 0 Å². The van der Waals surface area contributed by atoms with Gasteiger partial charge in [0.1, 0.15) is 0 Å². The number of carbonyl (C=O) groups excluding carboxylic acids is 1. The SMILES string of the molecule is O=C(OCCCC[B-](F)(F)F)c1ccccc1. The molecule has 2 nitrogen and oxygen atoms in total. The smallest absolute Gasteiger partial charge is 0.462 e. The van der Waals surface area contributed by atoms with Gasteiger partial charge in [-0.2, -0.15) is 0 Å². The maximum Gasteiger partial charge on any atom is 0.478 e. The minimum atomic E-state index is -4.72. The Kier molecular flexibility index (Phi) is 5.06. The van der Waals surface area contributed by atoms with Gasteiger partial charge in [0.25, 0.3) is 0 Å². The molecule has 0 aliphatic carbocycles. The van der Waals surface area contributed by atoms with Crippen molar-refractivity contribution in [2.75, 3.05) is 6.61 Å². The molecule has 0 N–H and O–H groups in total. The van der Waals surface area contributed by atoms with E-state index in [-0.39, 0.29) is 19.4 Å². The molecule has 6 heteroatoms. The van der Waals surface area contributed by atoms with Crippen LogP contribution in [0.25, 0.3) is 0 Å². The van der Waals surface area contributed by atoms with Gasteiger partial charge in [0.15, 0.2) is 0 Å². The van der Waals surface area contributed by atoms with Crippen molar-refractivity contribution < 1.29 is 22.5 Å². The third kappa shape index (κ3) is 5.99. The average molecular weight is 245 g/mol. The lowest BCUT2D eigenvalue weighted by molar-refractivity contribution is 0.0499. The highest BCUT2D eigenvalue weighted by atomic mass is 19.4. The predicted molar refractivity (Wildman–Crippen MR) is 59.8 cm³/mol. The van der Waals surface area contributed by atoms with Crippen molar-refractivity contribution in [3.8, 4) is 0 Å². The van der Waals surface area contributed by atoms with Crippen LogP contribution in [0.2, 0.25) is 6.32 Å². The Hall–Kier alpha value is -1.46. The molecule has 0 spiro atoms. The van der Waals surface area contributed by atoms with Gasteiger partial charge in [-0.1, -0.05) is 30.9 Å². The topological polar surface area (TPSA) is 26.3 Å². The van der Waals surface area contributed by atoms with E-state index in [4.69, 9.17) is 4.74 Å². The van der Waals surface area contributed by atoms with E-state index in [1.165, 1.54) is 0 Å². The molecule has 0 aromatic heterocycles. The summed E-state index contributed by atoms with van der Waals surface area (Å²) in [5.41, 5.74) is 0.410. The van der Waals surface area contributed by atoms with Gasteiger partial charge >= 0.3 is 12.9 Å². The number of unbranched alkanes of at least 4 members (excludes halogenated alkanes) is 1. The maximum absolute atomic E-state index is 11.9. The van der Waals surface area contributed by atoms with Crippen LogP contribution in [-0.4, -0.2) is 19.6 Å². The number of benzene rings is 1. The molecule has 1 rings (SSSR count). The highest BCUT2D eigenvalue weighted by Crippen LogP contribution is 2.17. The van der Waals surface area contributed by atoms with Crippen LogP contribution in [0.15, 0.2) is 30.3 Å². The van der Waals surface area contributed by atoms with E-state index in [9.17, 15) is 17.7 Å². The quantitative estimate of drug-likeness (QED) is 0.435. The van der Waals surface area contributed by atoms with Crippen LogP contribution in [0.3, 0.4) is 0 Å². The molecule has 0 aliphatic rings. The first-order valence-corrected chi connectivity index (χ1v) is 5.42. The molecule has 0 aliphatic heterocycles. The van der Waals surface area contributed by atoms with Gasteiger partial charge < -0.3 is 17.7 Å². The molecule has 0 bridgehead atoms. The number of ether oxygens (including phenoxy) is 1. The van der Waals surface area contributed by atoms with E-state index in [0.29, 0.717) is 5.56 Å². The van der Waals surface area contributed by atoms with Crippen LogP contribution in [0.1, 0.15) is 23.2 Å². The molecule has 0 unspecified atom stereocenters. The lowest BCUT2D eigenvalue weighted by Crippen LogP contribution is -2.14. The summed E-state index contributed by atoms with van der Waals surface area (Å²) in [7, 11) is 0. The summed E-state index contributed by atoms with van der Waals surface area (Å²) in [6, 6.07) is 8.36. The second kappa shape index (κ2) is 6.32. The van der Waals surface area contributed by atoms with Crippen LogP contribution in [0.4, 0.5) is 12.9 Å². The van der Waals surface area contributed by atoms with Crippen molar-refractivity contribution >= 4 is 12.9 Å². The zero-order valence-corrected chi connectivity index (χ0v) is 9.24. The second-order valence-corrected chi connectivity index (χ2v) is 3.71. The number of halogens is 3. The van der Waals surface area contributed by atoms with E-state index in [2.05, 4.69) is 0 Å². The summed E-state index contributed by atoms with van der Waals surface area (Å²) < 4.78 is 40.4. The van der Waals surface area contributed by atoms with Crippen molar-refractivity contribution in [3.63, 3.8) is 0 Å². The number of esters is 1. The van der Waals surface area contributed by atoms with Gasteiger partial charge in [-0.25, -0.2) is 4.79 Å². The Labute approximate surface area is 97.8 Å². The summed E-state index contributed by atoms with van der Waals surface area (Å²) in [4.78, 5) is 11.4. The Morgan fingerprint density at radius 2 is 1.76 bits per heavy atom. The fourth-order valence-corrected chi connectivity index (χ4v) is 1.30. The van der Waals surface area contributed by atoms with Crippen LogP contribution in [0, 0.1) is 0 Å². The molecule has 0 saturated carbocycles. The summed E-state index contributed by atoms with van der Waals surface area (Å²) in [6.07, 6.45) is -0.533. The van der Waals surface area contributed by atoms with E-state index in [1.807, 2.05) is 0 Å². The number of carbonyl (C=O) groups is 1. The standard InChI is InChI=1S/C11H13BF3O2/c13-12(14,15)8-4-5-9-17-11(16)10-6-2-1-3-7-10/h1-3,6-7H,4-5,8-9H2/q-1.